The van der Waals surface area contributed by atoms with Crippen molar-refractivity contribution in [3.05, 3.63) is 107 Å². The second-order valence-corrected chi connectivity index (χ2v) is 11.3. The number of halogens is 1. The zero-order valence-corrected chi connectivity index (χ0v) is 26.6. The van der Waals surface area contributed by atoms with Crippen LogP contribution in [-0.4, -0.2) is 66.1 Å². The van der Waals surface area contributed by atoms with Gasteiger partial charge in [0.05, 0.1) is 11.3 Å². The standard InChI is InChI=1S/C37H40FN7O2/c1-2-40-35-33(36(46)41-21-24-45-22-4-3-5-23-45)16-17-34(44-35)32-15-14-31(25-29(32)11-8-27-9-12-30(38)13-10-27)43-37(47)42-20-18-28-7-6-19-39-26-28/h6-7,9-10,12-17,19,25-26H,2-5,18,20-24H2,1H3,(H,40,44)(H,41,46)(H2,42,43,47). The van der Waals surface area contributed by atoms with Crippen molar-refractivity contribution in [3.63, 3.8) is 0 Å². The van der Waals surface area contributed by atoms with Gasteiger partial charge in [-0.1, -0.05) is 24.3 Å². The van der Waals surface area contributed by atoms with E-state index in [0.717, 1.165) is 30.8 Å². The summed E-state index contributed by atoms with van der Waals surface area (Å²) in [6.45, 7) is 6.53. The molecular formula is C37H40FN7O2. The lowest BCUT2D eigenvalue weighted by molar-refractivity contribution is 0.0947. The Bertz CT molecular complexity index is 1710. The minimum absolute atomic E-state index is 0.178. The molecule has 0 spiro atoms. The summed E-state index contributed by atoms with van der Waals surface area (Å²) >= 11 is 0. The van der Waals surface area contributed by atoms with Crippen molar-refractivity contribution >= 4 is 23.4 Å². The molecule has 242 valence electrons. The van der Waals surface area contributed by atoms with Crippen LogP contribution in [0.4, 0.5) is 20.7 Å². The van der Waals surface area contributed by atoms with Gasteiger partial charge in [-0.2, -0.15) is 0 Å². The van der Waals surface area contributed by atoms with E-state index in [0.29, 0.717) is 59.9 Å². The van der Waals surface area contributed by atoms with Crippen LogP contribution in [0.3, 0.4) is 0 Å². The molecule has 0 saturated carbocycles. The maximum Gasteiger partial charge on any atom is 0.319 e. The number of urea groups is 1. The Hall–Kier alpha value is -5.27. The number of carbonyl (C=O) groups excluding carboxylic acids is 2. The Morgan fingerprint density at radius 1 is 0.936 bits per heavy atom. The number of amides is 3. The van der Waals surface area contributed by atoms with E-state index in [2.05, 4.69) is 43.0 Å². The molecule has 5 rings (SSSR count). The quantitative estimate of drug-likeness (QED) is 0.158. The van der Waals surface area contributed by atoms with Crippen LogP contribution in [0.2, 0.25) is 0 Å². The van der Waals surface area contributed by atoms with Gasteiger partial charge in [-0.25, -0.2) is 14.2 Å². The smallest absolute Gasteiger partial charge is 0.319 e. The van der Waals surface area contributed by atoms with Crippen LogP contribution in [0.15, 0.2) is 79.1 Å². The molecule has 0 bridgehead atoms. The number of likely N-dealkylation sites (tertiary alicyclic amines) is 1. The molecule has 9 nitrogen and oxygen atoms in total. The first-order valence-electron chi connectivity index (χ1n) is 16.1. The van der Waals surface area contributed by atoms with Gasteiger partial charge < -0.3 is 26.2 Å². The van der Waals surface area contributed by atoms with Crippen molar-refractivity contribution in [1.82, 2.24) is 25.5 Å². The monoisotopic (exact) mass is 633 g/mol. The Balaban J connectivity index is 1.35. The molecule has 47 heavy (non-hydrogen) atoms. The normalized spacial score (nSPS) is 12.8. The van der Waals surface area contributed by atoms with Crippen LogP contribution in [0, 0.1) is 17.7 Å². The molecule has 3 heterocycles. The first-order valence-corrected chi connectivity index (χ1v) is 16.1. The average molecular weight is 634 g/mol. The lowest BCUT2D eigenvalue weighted by Crippen LogP contribution is -2.37. The fourth-order valence-electron chi connectivity index (χ4n) is 5.36. The SMILES string of the molecule is CCNc1nc(-c2ccc(NC(=O)NCCc3cccnc3)cc2C#Cc2ccc(F)cc2)ccc1C(=O)NCCN1CCCCC1. The molecule has 0 radical (unpaired) electrons. The number of hydrogen-bond acceptors (Lipinski definition) is 6. The number of nitrogens with zero attached hydrogens (tertiary/aromatic N) is 3. The Kier molecular flexibility index (Phi) is 11.9. The van der Waals surface area contributed by atoms with E-state index in [1.165, 1.54) is 31.4 Å². The summed E-state index contributed by atoms with van der Waals surface area (Å²) in [5.74, 6) is 6.23. The molecule has 0 atom stereocenters. The van der Waals surface area contributed by atoms with Crippen molar-refractivity contribution in [2.45, 2.75) is 32.6 Å². The highest BCUT2D eigenvalue weighted by molar-refractivity contribution is 5.99. The van der Waals surface area contributed by atoms with Crippen LogP contribution >= 0.6 is 0 Å². The van der Waals surface area contributed by atoms with Gasteiger partial charge in [0.25, 0.3) is 5.91 Å². The molecule has 1 aliphatic heterocycles. The lowest BCUT2D eigenvalue weighted by atomic mass is 10.0. The summed E-state index contributed by atoms with van der Waals surface area (Å²) in [6.07, 6.45) is 7.82. The van der Waals surface area contributed by atoms with Gasteiger partial charge in [0, 0.05) is 61.0 Å². The Morgan fingerprint density at radius 2 is 1.77 bits per heavy atom. The number of aromatic nitrogens is 2. The third kappa shape index (κ3) is 9.86. The second kappa shape index (κ2) is 16.9. The zero-order chi connectivity index (χ0) is 32.8. The number of carbonyl (C=O) groups is 2. The van der Waals surface area contributed by atoms with E-state index < -0.39 is 0 Å². The van der Waals surface area contributed by atoms with E-state index in [1.807, 2.05) is 25.1 Å². The third-order valence-corrected chi connectivity index (χ3v) is 7.81. The number of pyridine rings is 2. The predicted molar refractivity (Wildman–Crippen MR) is 184 cm³/mol. The first kappa shape index (κ1) is 33.1. The Labute approximate surface area is 275 Å². The fraction of sp³-hybridized carbons (Fsp3) is 0.297. The largest absolute Gasteiger partial charge is 0.370 e. The van der Waals surface area contributed by atoms with Crippen molar-refractivity contribution < 1.29 is 14.0 Å². The predicted octanol–water partition coefficient (Wildman–Crippen LogP) is 5.69. The van der Waals surface area contributed by atoms with Crippen LogP contribution in [0.1, 0.15) is 53.2 Å². The molecular weight excluding hydrogens is 593 g/mol. The molecule has 1 aliphatic rings. The fourth-order valence-corrected chi connectivity index (χ4v) is 5.36. The van der Waals surface area contributed by atoms with Gasteiger partial charge in [-0.05, 0) is 106 Å². The molecule has 2 aromatic carbocycles. The molecule has 1 fully saturated rings. The summed E-state index contributed by atoms with van der Waals surface area (Å²) in [6, 6.07) is 18.4. The molecule has 10 heteroatoms. The summed E-state index contributed by atoms with van der Waals surface area (Å²) in [4.78, 5) is 37.2. The summed E-state index contributed by atoms with van der Waals surface area (Å²) in [7, 11) is 0. The van der Waals surface area contributed by atoms with Gasteiger partial charge >= 0.3 is 6.03 Å². The number of benzene rings is 2. The average Bonchev–Trinajstić information content (AvgIpc) is 3.09. The maximum atomic E-state index is 13.5. The number of hydrogen-bond donors (Lipinski definition) is 4. The molecule has 2 aromatic heterocycles. The molecule has 0 aliphatic carbocycles. The minimum atomic E-state index is -0.345. The van der Waals surface area contributed by atoms with E-state index in [1.54, 1.807) is 48.8 Å². The number of nitrogens with one attached hydrogen (secondary N) is 4. The summed E-state index contributed by atoms with van der Waals surface area (Å²) in [5, 5.41) is 12.0. The summed E-state index contributed by atoms with van der Waals surface area (Å²) in [5.41, 5.74) is 4.63. The Morgan fingerprint density at radius 3 is 2.53 bits per heavy atom. The molecule has 4 aromatic rings. The van der Waals surface area contributed by atoms with E-state index in [4.69, 9.17) is 4.98 Å². The number of anilines is 2. The zero-order valence-electron chi connectivity index (χ0n) is 26.6. The maximum absolute atomic E-state index is 13.5. The van der Waals surface area contributed by atoms with E-state index >= 15 is 0 Å². The molecule has 4 N–H and O–H groups in total. The third-order valence-electron chi connectivity index (χ3n) is 7.81. The van der Waals surface area contributed by atoms with Crippen LogP contribution in [-0.2, 0) is 6.42 Å². The van der Waals surface area contributed by atoms with Crippen molar-refractivity contribution in [3.8, 4) is 23.1 Å². The van der Waals surface area contributed by atoms with Gasteiger partial charge in [0.1, 0.15) is 11.6 Å². The topological polar surface area (TPSA) is 111 Å². The van der Waals surface area contributed by atoms with Crippen molar-refractivity contribution in [2.75, 3.05) is 49.9 Å². The molecule has 1 saturated heterocycles. The highest BCUT2D eigenvalue weighted by atomic mass is 19.1. The van der Waals surface area contributed by atoms with Crippen LogP contribution < -0.4 is 21.3 Å². The van der Waals surface area contributed by atoms with Crippen LogP contribution in [0.5, 0.6) is 0 Å². The van der Waals surface area contributed by atoms with Gasteiger partial charge in [-0.15, -0.1) is 0 Å². The molecule has 0 unspecified atom stereocenters. The molecule has 3 amide bonds. The van der Waals surface area contributed by atoms with Gasteiger partial charge in [0.15, 0.2) is 0 Å². The second-order valence-electron chi connectivity index (χ2n) is 11.3. The minimum Gasteiger partial charge on any atom is -0.370 e. The van der Waals surface area contributed by atoms with Crippen LogP contribution in [0.25, 0.3) is 11.3 Å². The highest BCUT2D eigenvalue weighted by Gasteiger charge is 2.17. The highest BCUT2D eigenvalue weighted by Crippen LogP contribution is 2.27. The van der Waals surface area contributed by atoms with E-state index in [-0.39, 0.29) is 17.8 Å². The number of piperidine rings is 1. The van der Waals surface area contributed by atoms with Crippen molar-refractivity contribution in [2.24, 2.45) is 0 Å². The van der Waals surface area contributed by atoms with Gasteiger partial charge in [-0.3, -0.25) is 9.78 Å². The van der Waals surface area contributed by atoms with Gasteiger partial charge in [0.2, 0.25) is 0 Å². The first-order chi connectivity index (χ1) is 23.0. The summed E-state index contributed by atoms with van der Waals surface area (Å²) < 4.78 is 13.5. The lowest BCUT2D eigenvalue weighted by Gasteiger charge is -2.26. The van der Waals surface area contributed by atoms with E-state index in [9.17, 15) is 14.0 Å². The number of rotatable bonds is 11. The van der Waals surface area contributed by atoms with Crippen molar-refractivity contribution in [1.29, 1.82) is 0 Å².